The Balaban J connectivity index is 0.000000360. The summed E-state index contributed by atoms with van der Waals surface area (Å²) >= 11 is 0. The molecule has 1 N–H and O–H groups in total. The number of rotatable bonds is 0. The van der Waals surface area contributed by atoms with Crippen molar-refractivity contribution in [3.63, 3.8) is 0 Å². The van der Waals surface area contributed by atoms with Gasteiger partial charge >= 0.3 is 0 Å². The Morgan fingerprint density at radius 1 is 1.71 bits per heavy atom. The fourth-order valence-corrected chi connectivity index (χ4v) is 0.259. The Bertz CT molecular complexity index is 110. The molecule has 0 aromatic carbocycles. The van der Waals surface area contributed by atoms with Gasteiger partial charge in [-0.05, 0) is 6.92 Å². The Hall–Kier alpha value is -0.860. The van der Waals surface area contributed by atoms with E-state index in [1.807, 2.05) is 6.92 Å². The lowest BCUT2D eigenvalue weighted by Crippen LogP contribution is -1.66. The van der Waals surface area contributed by atoms with Crippen molar-refractivity contribution < 1.29 is 0 Å². The highest BCUT2D eigenvalue weighted by Crippen LogP contribution is 1.77. The molecule has 3 heteroatoms. The minimum absolute atomic E-state index is 0. The van der Waals surface area contributed by atoms with Crippen molar-refractivity contribution in [2.75, 3.05) is 0 Å². The fourth-order valence-electron chi connectivity index (χ4n) is 0.259. The summed E-state index contributed by atoms with van der Waals surface area (Å²) < 4.78 is 0. The predicted octanol–water partition coefficient (Wildman–Crippen LogP) is 0.749. The van der Waals surface area contributed by atoms with Gasteiger partial charge in [-0.3, -0.25) is 0 Å². The normalized spacial score (nSPS) is 7.57. The zero-order valence-electron chi connectivity index (χ0n) is 3.47. The third kappa shape index (κ3) is 1.34. The molecule has 0 aliphatic carbocycles. The van der Waals surface area contributed by atoms with Gasteiger partial charge < -0.3 is 0 Å². The number of hydrogen-bond donors (Lipinski definition) is 1. The number of nitrogens with one attached hydrogen (secondary N) is 1. The second kappa shape index (κ2) is 2.34. The molecule has 0 aliphatic rings. The van der Waals surface area contributed by atoms with Crippen molar-refractivity contribution in [1.29, 1.82) is 0 Å². The van der Waals surface area contributed by atoms with Crippen LogP contribution in [-0.4, -0.2) is 15.4 Å². The molecule has 7 heavy (non-hydrogen) atoms. The predicted molar refractivity (Wildman–Crippen MR) is 27.9 cm³/mol. The van der Waals surface area contributed by atoms with Crippen LogP contribution in [0, 0.1) is 6.92 Å². The van der Waals surface area contributed by atoms with E-state index >= 15 is 0 Å². The van der Waals surface area contributed by atoms with Crippen LogP contribution in [-0.2, 0) is 0 Å². The van der Waals surface area contributed by atoms with Crippen LogP contribution in [0.4, 0.5) is 0 Å². The first-order valence-electron chi connectivity index (χ1n) is 1.72. The van der Waals surface area contributed by atoms with E-state index in [2.05, 4.69) is 15.4 Å². The van der Waals surface area contributed by atoms with Gasteiger partial charge in [0.1, 0.15) is 0 Å². The van der Waals surface area contributed by atoms with Gasteiger partial charge in [-0.25, -0.2) is 0 Å². The molecule has 0 atom stereocenters. The second-order valence-electron chi connectivity index (χ2n) is 1.11. The molecular weight excluding hydrogens is 90.1 g/mol. The van der Waals surface area contributed by atoms with Crippen LogP contribution in [0.1, 0.15) is 13.1 Å². The van der Waals surface area contributed by atoms with Crippen molar-refractivity contribution in [2.24, 2.45) is 0 Å². The molecule has 40 valence electrons. The maximum Gasteiger partial charge on any atom is 0.0793 e. The summed E-state index contributed by atoms with van der Waals surface area (Å²) in [7, 11) is 0. The van der Waals surface area contributed by atoms with Gasteiger partial charge in [0.25, 0.3) is 0 Å². The minimum Gasteiger partial charge on any atom is -0.198 e. The smallest absolute Gasteiger partial charge is 0.0793 e. The van der Waals surface area contributed by atoms with E-state index in [4.69, 9.17) is 0 Å². The van der Waals surface area contributed by atoms with Gasteiger partial charge in [-0.15, -0.1) is 0 Å². The first-order valence-corrected chi connectivity index (χ1v) is 1.72. The Morgan fingerprint density at radius 2 is 2.43 bits per heavy atom. The minimum atomic E-state index is 0. The molecule has 0 fully saturated rings. The molecule has 1 aromatic rings. The largest absolute Gasteiger partial charge is 0.198 e. The first-order chi connectivity index (χ1) is 2.89. The molecule has 0 bridgehead atoms. The van der Waals surface area contributed by atoms with Crippen molar-refractivity contribution in [3.05, 3.63) is 11.9 Å². The van der Waals surface area contributed by atoms with Gasteiger partial charge in [0.15, 0.2) is 0 Å². The number of aromatic nitrogens is 3. The number of aryl methyl sites for hydroxylation is 1. The van der Waals surface area contributed by atoms with Crippen LogP contribution in [0.3, 0.4) is 0 Å². The lowest BCUT2D eigenvalue weighted by molar-refractivity contribution is 0.928. The van der Waals surface area contributed by atoms with Gasteiger partial charge in [0, 0.05) is 0 Å². The zero-order chi connectivity index (χ0) is 4.41. The zero-order valence-corrected chi connectivity index (χ0v) is 3.47. The average molecular weight is 99.1 g/mol. The van der Waals surface area contributed by atoms with E-state index in [1.54, 1.807) is 6.20 Å². The molecule has 1 rings (SSSR count). The van der Waals surface area contributed by atoms with Crippen LogP contribution in [0.2, 0.25) is 0 Å². The molecule has 0 unspecified atom stereocenters. The molecule has 0 aliphatic heterocycles. The summed E-state index contributed by atoms with van der Waals surface area (Å²) in [5, 5.41) is 9.70. The van der Waals surface area contributed by atoms with Crippen LogP contribution in [0.25, 0.3) is 0 Å². The highest BCUT2D eigenvalue weighted by Gasteiger charge is 1.76. The van der Waals surface area contributed by atoms with E-state index in [0.717, 1.165) is 5.69 Å². The number of aromatic amines is 1. The fraction of sp³-hybridized carbons (Fsp3) is 0.500. The summed E-state index contributed by atoms with van der Waals surface area (Å²) in [6, 6.07) is 0. The monoisotopic (exact) mass is 99.1 g/mol. The van der Waals surface area contributed by atoms with Crippen molar-refractivity contribution in [3.8, 4) is 0 Å². The van der Waals surface area contributed by atoms with Gasteiger partial charge in [0.05, 0.1) is 11.9 Å². The summed E-state index contributed by atoms with van der Waals surface area (Å²) in [6.45, 7) is 1.88. The van der Waals surface area contributed by atoms with Gasteiger partial charge in [-0.1, -0.05) is 7.43 Å². The Kier molecular flexibility index (Phi) is 2.05. The second-order valence-corrected chi connectivity index (χ2v) is 1.11. The third-order valence-corrected chi connectivity index (χ3v) is 0.535. The van der Waals surface area contributed by atoms with Crippen molar-refractivity contribution >= 4 is 0 Å². The summed E-state index contributed by atoms with van der Waals surface area (Å²) in [6.07, 6.45) is 1.67. The lowest BCUT2D eigenvalue weighted by Gasteiger charge is -1.62. The lowest BCUT2D eigenvalue weighted by atomic mass is 10.6. The third-order valence-electron chi connectivity index (χ3n) is 0.535. The standard InChI is InChI=1S/C3H5N3.CH4/c1-3-2-4-6-5-3;/h2H,1H3,(H,4,5,6);1H4. The summed E-state index contributed by atoms with van der Waals surface area (Å²) in [5.74, 6) is 0. The SMILES string of the molecule is C.Cc1cn[nH]n1. The maximum atomic E-state index is 3.68. The van der Waals surface area contributed by atoms with Crippen LogP contribution in [0.15, 0.2) is 6.20 Å². The van der Waals surface area contributed by atoms with Crippen LogP contribution in [0.5, 0.6) is 0 Å². The van der Waals surface area contributed by atoms with E-state index in [0.29, 0.717) is 0 Å². The molecule has 1 aromatic heterocycles. The topological polar surface area (TPSA) is 41.6 Å². The number of nitrogens with zero attached hydrogens (tertiary/aromatic N) is 2. The van der Waals surface area contributed by atoms with Crippen LogP contribution >= 0.6 is 0 Å². The van der Waals surface area contributed by atoms with Gasteiger partial charge in [-0.2, -0.15) is 15.4 Å². The maximum absolute atomic E-state index is 3.68. The number of H-pyrrole nitrogens is 1. The number of hydrogen-bond acceptors (Lipinski definition) is 2. The highest BCUT2D eigenvalue weighted by molar-refractivity contribution is 4.82. The molecule has 3 nitrogen and oxygen atoms in total. The highest BCUT2D eigenvalue weighted by atomic mass is 15.3. The Labute approximate surface area is 42.8 Å². The molecule has 0 amide bonds. The van der Waals surface area contributed by atoms with Gasteiger partial charge in [0.2, 0.25) is 0 Å². The molecule has 0 saturated carbocycles. The van der Waals surface area contributed by atoms with E-state index in [9.17, 15) is 0 Å². The molecule has 1 heterocycles. The molecule has 0 saturated heterocycles. The van der Waals surface area contributed by atoms with E-state index < -0.39 is 0 Å². The van der Waals surface area contributed by atoms with E-state index in [1.165, 1.54) is 0 Å². The molecule has 0 spiro atoms. The van der Waals surface area contributed by atoms with Crippen LogP contribution < -0.4 is 0 Å². The van der Waals surface area contributed by atoms with Crippen molar-refractivity contribution in [2.45, 2.75) is 14.4 Å². The average Bonchev–Trinajstić information content (AvgIpc) is 1.86. The van der Waals surface area contributed by atoms with E-state index in [-0.39, 0.29) is 7.43 Å². The quantitative estimate of drug-likeness (QED) is 0.521. The molecular formula is C4H9N3. The molecule has 0 radical (unpaired) electrons. The summed E-state index contributed by atoms with van der Waals surface area (Å²) in [4.78, 5) is 0. The Morgan fingerprint density at radius 3 is 2.57 bits per heavy atom. The van der Waals surface area contributed by atoms with Crippen molar-refractivity contribution in [1.82, 2.24) is 15.4 Å². The first kappa shape index (κ1) is 6.14. The summed E-state index contributed by atoms with van der Waals surface area (Å²) in [5.41, 5.74) is 0.926.